The Morgan fingerprint density at radius 3 is 2.42 bits per heavy atom. The third kappa shape index (κ3) is 4.60. The van der Waals surface area contributed by atoms with Gasteiger partial charge in [0.25, 0.3) is 0 Å². The maximum Gasteiger partial charge on any atom is 0.240 e. The van der Waals surface area contributed by atoms with Crippen molar-refractivity contribution in [2.75, 3.05) is 20.3 Å². The lowest BCUT2D eigenvalue weighted by Crippen LogP contribution is -2.27. The predicted molar refractivity (Wildman–Crippen MR) is 102 cm³/mol. The lowest BCUT2D eigenvalue weighted by atomic mass is 10.1. The first-order chi connectivity index (χ1) is 12.6. The van der Waals surface area contributed by atoms with Gasteiger partial charge in [-0.05, 0) is 40.6 Å². The van der Waals surface area contributed by atoms with Crippen LogP contribution in [0.3, 0.4) is 0 Å². The van der Waals surface area contributed by atoms with Crippen molar-refractivity contribution in [1.29, 1.82) is 0 Å². The number of rotatable bonds is 8. The summed E-state index contributed by atoms with van der Waals surface area (Å²) < 4.78 is 38.1. The third-order valence-corrected chi connectivity index (χ3v) is 5.44. The summed E-state index contributed by atoms with van der Waals surface area (Å²) in [5, 5.41) is 1.77. The molecule has 0 atom stereocenters. The fraction of sp³-hybridized carbons (Fsp3) is 0.200. The van der Waals surface area contributed by atoms with Crippen LogP contribution in [0.4, 0.5) is 0 Å². The Bertz CT molecular complexity index is 972. The molecule has 0 aromatic heterocycles. The molecule has 3 rings (SSSR count). The van der Waals surface area contributed by atoms with Crippen LogP contribution >= 0.6 is 0 Å². The lowest BCUT2D eigenvalue weighted by Gasteiger charge is -2.09. The maximum atomic E-state index is 12.4. The van der Waals surface area contributed by atoms with Crippen LogP contribution < -0.4 is 9.46 Å². The molecule has 136 valence electrons. The Kier molecular flexibility index (Phi) is 5.88. The maximum absolute atomic E-state index is 12.4. The van der Waals surface area contributed by atoms with Gasteiger partial charge < -0.3 is 9.47 Å². The SMILES string of the molecule is COc1ccc2cc(S(=O)(=O)NCCOCc3ccccc3)ccc2c1. The van der Waals surface area contributed by atoms with Gasteiger partial charge >= 0.3 is 0 Å². The molecule has 0 bridgehead atoms. The largest absolute Gasteiger partial charge is 0.497 e. The fourth-order valence-electron chi connectivity index (χ4n) is 2.59. The minimum atomic E-state index is -3.57. The van der Waals surface area contributed by atoms with E-state index in [1.807, 2.05) is 48.5 Å². The average molecular weight is 371 g/mol. The van der Waals surface area contributed by atoms with Crippen LogP contribution in [0.5, 0.6) is 5.75 Å². The minimum Gasteiger partial charge on any atom is -0.497 e. The van der Waals surface area contributed by atoms with Crippen LogP contribution in [0.25, 0.3) is 10.8 Å². The van der Waals surface area contributed by atoms with Crippen molar-refractivity contribution in [1.82, 2.24) is 4.72 Å². The van der Waals surface area contributed by atoms with Crippen molar-refractivity contribution in [3.8, 4) is 5.75 Å². The van der Waals surface area contributed by atoms with Gasteiger partial charge in [0, 0.05) is 6.54 Å². The highest BCUT2D eigenvalue weighted by atomic mass is 32.2. The van der Waals surface area contributed by atoms with E-state index in [2.05, 4.69) is 4.72 Å². The molecule has 3 aromatic rings. The van der Waals surface area contributed by atoms with Gasteiger partial charge in [0.05, 0.1) is 25.2 Å². The number of ether oxygens (including phenoxy) is 2. The third-order valence-electron chi connectivity index (χ3n) is 3.98. The average Bonchev–Trinajstić information content (AvgIpc) is 2.67. The van der Waals surface area contributed by atoms with E-state index in [-0.39, 0.29) is 11.4 Å². The molecule has 0 spiro atoms. The van der Waals surface area contributed by atoms with Gasteiger partial charge in [-0.2, -0.15) is 0 Å². The number of benzene rings is 3. The number of sulfonamides is 1. The molecule has 0 aliphatic heterocycles. The molecule has 3 aromatic carbocycles. The van der Waals surface area contributed by atoms with Gasteiger partial charge in [-0.15, -0.1) is 0 Å². The zero-order valence-corrected chi connectivity index (χ0v) is 15.3. The molecule has 5 nitrogen and oxygen atoms in total. The molecule has 26 heavy (non-hydrogen) atoms. The zero-order chi connectivity index (χ0) is 18.4. The van der Waals surface area contributed by atoms with E-state index < -0.39 is 10.0 Å². The monoisotopic (exact) mass is 371 g/mol. The molecular weight excluding hydrogens is 350 g/mol. The van der Waals surface area contributed by atoms with Gasteiger partial charge in [0.15, 0.2) is 0 Å². The lowest BCUT2D eigenvalue weighted by molar-refractivity contribution is 0.126. The summed E-state index contributed by atoms with van der Waals surface area (Å²) >= 11 is 0. The van der Waals surface area contributed by atoms with Crippen LogP contribution in [0.2, 0.25) is 0 Å². The topological polar surface area (TPSA) is 64.6 Å². The number of hydrogen-bond acceptors (Lipinski definition) is 4. The molecule has 1 N–H and O–H groups in total. The molecule has 0 aliphatic rings. The normalized spacial score (nSPS) is 11.6. The summed E-state index contributed by atoms with van der Waals surface area (Å²) in [6.45, 7) is 0.981. The molecular formula is C20H21NO4S. The van der Waals surface area contributed by atoms with Crippen molar-refractivity contribution in [3.63, 3.8) is 0 Å². The number of fused-ring (bicyclic) bond motifs is 1. The Labute approximate surface area is 153 Å². The highest BCUT2D eigenvalue weighted by molar-refractivity contribution is 7.89. The number of methoxy groups -OCH3 is 1. The van der Waals surface area contributed by atoms with Crippen molar-refractivity contribution < 1.29 is 17.9 Å². The molecule has 0 unspecified atom stereocenters. The van der Waals surface area contributed by atoms with Crippen molar-refractivity contribution >= 4 is 20.8 Å². The molecule has 0 amide bonds. The van der Waals surface area contributed by atoms with Crippen LogP contribution in [0.15, 0.2) is 71.6 Å². The van der Waals surface area contributed by atoms with Crippen molar-refractivity contribution in [2.45, 2.75) is 11.5 Å². The van der Waals surface area contributed by atoms with E-state index in [0.29, 0.717) is 13.2 Å². The quantitative estimate of drug-likeness (QED) is 0.617. The Morgan fingerprint density at radius 2 is 1.65 bits per heavy atom. The van der Waals surface area contributed by atoms with Gasteiger partial charge in [-0.3, -0.25) is 0 Å². The summed E-state index contributed by atoms with van der Waals surface area (Å²) in [6, 6.07) is 20.3. The summed E-state index contributed by atoms with van der Waals surface area (Å²) in [5.41, 5.74) is 1.06. The Morgan fingerprint density at radius 1 is 0.923 bits per heavy atom. The first kappa shape index (κ1) is 18.4. The second-order valence-electron chi connectivity index (χ2n) is 5.81. The predicted octanol–water partition coefficient (Wildman–Crippen LogP) is 3.34. The molecule has 6 heteroatoms. The van der Waals surface area contributed by atoms with Gasteiger partial charge in [-0.25, -0.2) is 13.1 Å². The molecule has 0 heterocycles. The van der Waals surface area contributed by atoms with Crippen LogP contribution in [-0.2, 0) is 21.4 Å². The van der Waals surface area contributed by atoms with Crippen molar-refractivity contribution in [2.24, 2.45) is 0 Å². The van der Waals surface area contributed by atoms with E-state index in [4.69, 9.17) is 9.47 Å². The van der Waals surface area contributed by atoms with E-state index in [1.54, 1.807) is 25.3 Å². The summed E-state index contributed by atoms with van der Waals surface area (Å²) in [5.74, 6) is 0.738. The van der Waals surface area contributed by atoms with Crippen LogP contribution in [0.1, 0.15) is 5.56 Å². The Hall–Kier alpha value is -2.41. The highest BCUT2D eigenvalue weighted by Gasteiger charge is 2.14. The van der Waals surface area contributed by atoms with Crippen LogP contribution in [0, 0.1) is 0 Å². The first-order valence-electron chi connectivity index (χ1n) is 8.28. The van der Waals surface area contributed by atoms with E-state index in [9.17, 15) is 8.42 Å². The second kappa shape index (κ2) is 8.31. The summed E-state index contributed by atoms with van der Waals surface area (Å²) in [4.78, 5) is 0.234. The highest BCUT2D eigenvalue weighted by Crippen LogP contribution is 2.23. The molecule has 0 aliphatic carbocycles. The molecule has 0 saturated carbocycles. The molecule has 0 saturated heterocycles. The number of nitrogens with one attached hydrogen (secondary N) is 1. The first-order valence-corrected chi connectivity index (χ1v) is 9.76. The standard InChI is InChI=1S/C20H21NO4S/c1-24-19-9-7-18-14-20(10-8-17(18)13-19)26(22,23)21-11-12-25-15-16-5-3-2-4-6-16/h2-10,13-14,21H,11-12,15H2,1H3. The minimum absolute atomic E-state index is 0.218. The van der Waals surface area contributed by atoms with Gasteiger partial charge in [0.2, 0.25) is 10.0 Å². The molecule has 0 fully saturated rings. The fourth-order valence-corrected chi connectivity index (χ4v) is 3.64. The van der Waals surface area contributed by atoms with Gasteiger partial charge in [-0.1, -0.05) is 42.5 Å². The van der Waals surface area contributed by atoms with Crippen molar-refractivity contribution in [3.05, 3.63) is 72.3 Å². The summed E-state index contributed by atoms with van der Waals surface area (Å²) in [6.07, 6.45) is 0. The van der Waals surface area contributed by atoms with E-state index in [0.717, 1.165) is 22.1 Å². The zero-order valence-electron chi connectivity index (χ0n) is 14.5. The van der Waals surface area contributed by atoms with E-state index >= 15 is 0 Å². The van der Waals surface area contributed by atoms with Gasteiger partial charge in [0.1, 0.15) is 5.75 Å². The summed E-state index contributed by atoms with van der Waals surface area (Å²) in [7, 11) is -1.97. The Balaban J connectivity index is 1.58. The number of hydrogen-bond donors (Lipinski definition) is 1. The molecule has 0 radical (unpaired) electrons. The van der Waals surface area contributed by atoms with E-state index in [1.165, 1.54) is 0 Å². The second-order valence-corrected chi connectivity index (χ2v) is 7.58. The van der Waals surface area contributed by atoms with Crippen LogP contribution in [-0.4, -0.2) is 28.7 Å². The smallest absolute Gasteiger partial charge is 0.240 e.